The second kappa shape index (κ2) is 8.15. The molecule has 1 aromatic heterocycles. The van der Waals surface area contributed by atoms with E-state index < -0.39 is 5.91 Å². The first kappa shape index (κ1) is 18.2. The maximum atomic E-state index is 11.3. The van der Waals surface area contributed by atoms with Gasteiger partial charge >= 0.3 is 0 Å². The summed E-state index contributed by atoms with van der Waals surface area (Å²) in [6.45, 7) is 4.04. The lowest BCUT2D eigenvalue weighted by atomic mass is 10.1. The minimum absolute atomic E-state index is 0.204. The smallest absolute Gasteiger partial charge is 0.254 e. The minimum Gasteiger partial charge on any atom is -0.318 e. The highest BCUT2D eigenvalue weighted by Crippen LogP contribution is 2.24. The van der Waals surface area contributed by atoms with Gasteiger partial charge in [0, 0.05) is 22.6 Å². The monoisotopic (exact) mass is 356 g/mol. The number of nitrogens with zero attached hydrogens (tertiary/aromatic N) is 3. The van der Waals surface area contributed by atoms with Crippen molar-refractivity contribution in [3.63, 3.8) is 0 Å². The Morgan fingerprint density at radius 2 is 1.78 bits per heavy atom. The number of aryl methyl sites for hydroxylation is 1. The van der Waals surface area contributed by atoms with E-state index in [-0.39, 0.29) is 6.42 Å². The summed E-state index contributed by atoms with van der Waals surface area (Å²) in [5, 5.41) is 12.4. The van der Waals surface area contributed by atoms with E-state index in [4.69, 9.17) is 5.26 Å². The molecule has 0 saturated heterocycles. The maximum Gasteiger partial charge on any atom is 0.254 e. The van der Waals surface area contributed by atoms with Gasteiger partial charge in [-0.25, -0.2) is 5.43 Å². The van der Waals surface area contributed by atoms with Crippen LogP contribution in [-0.2, 0) is 4.79 Å². The number of amides is 1. The number of aromatic nitrogens is 1. The molecule has 5 nitrogen and oxygen atoms in total. The van der Waals surface area contributed by atoms with Crippen molar-refractivity contribution >= 4 is 12.1 Å². The largest absolute Gasteiger partial charge is 0.318 e. The molecule has 2 aromatic carbocycles. The molecule has 0 atom stereocenters. The Labute approximate surface area is 158 Å². The number of carbonyl (C=O) groups excluding carboxylic acids is 1. The van der Waals surface area contributed by atoms with Gasteiger partial charge in [-0.15, -0.1) is 0 Å². The van der Waals surface area contributed by atoms with Gasteiger partial charge in [0.15, 0.2) is 0 Å². The van der Waals surface area contributed by atoms with E-state index >= 15 is 0 Å². The lowest BCUT2D eigenvalue weighted by Gasteiger charge is -2.11. The Morgan fingerprint density at radius 1 is 1.11 bits per heavy atom. The standard InChI is InChI=1S/C22H20N4O/c1-16-14-20(15-24-25-22(27)12-13-23)17(2)26(16)21-10-8-19(9-11-21)18-6-4-3-5-7-18/h3-11,14-15H,12H2,1-2H3,(H,25,27)/b24-15-. The van der Waals surface area contributed by atoms with E-state index in [1.807, 2.05) is 38.1 Å². The van der Waals surface area contributed by atoms with Gasteiger partial charge < -0.3 is 4.57 Å². The molecule has 1 amide bonds. The Morgan fingerprint density at radius 3 is 2.44 bits per heavy atom. The van der Waals surface area contributed by atoms with Crippen molar-refractivity contribution in [3.05, 3.63) is 77.6 Å². The van der Waals surface area contributed by atoms with E-state index in [0.29, 0.717) is 0 Å². The van der Waals surface area contributed by atoms with Crippen LogP contribution < -0.4 is 5.43 Å². The van der Waals surface area contributed by atoms with Crippen molar-refractivity contribution in [2.75, 3.05) is 0 Å². The van der Waals surface area contributed by atoms with E-state index in [9.17, 15) is 4.79 Å². The summed E-state index contributed by atoms with van der Waals surface area (Å²) in [7, 11) is 0. The molecule has 0 aliphatic rings. The molecule has 27 heavy (non-hydrogen) atoms. The second-order valence-corrected chi connectivity index (χ2v) is 6.20. The Hall–Kier alpha value is -3.65. The lowest BCUT2D eigenvalue weighted by molar-refractivity contribution is -0.120. The first-order valence-corrected chi connectivity index (χ1v) is 8.64. The van der Waals surface area contributed by atoms with E-state index in [0.717, 1.165) is 22.6 Å². The normalized spacial score (nSPS) is 10.7. The van der Waals surface area contributed by atoms with Crippen LogP contribution in [0.5, 0.6) is 0 Å². The number of rotatable bonds is 5. The fourth-order valence-corrected chi connectivity index (χ4v) is 3.03. The second-order valence-electron chi connectivity index (χ2n) is 6.20. The van der Waals surface area contributed by atoms with Crippen LogP contribution in [0.2, 0.25) is 0 Å². The summed E-state index contributed by atoms with van der Waals surface area (Å²) in [6, 6.07) is 22.5. The molecule has 0 bridgehead atoms. The molecule has 3 aromatic rings. The molecule has 0 unspecified atom stereocenters. The molecule has 3 rings (SSSR count). The summed E-state index contributed by atoms with van der Waals surface area (Å²) < 4.78 is 2.15. The fraction of sp³-hybridized carbons (Fsp3) is 0.136. The average Bonchev–Trinajstić information content (AvgIpc) is 2.96. The third-order valence-corrected chi connectivity index (χ3v) is 4.34. The van der Waals surface area contributed by atoms with Gasteiger partial charge in [-0.2, -0.15) is 10.4 Å². The van der Waals surface area contributed by atoms with Crippen LogP contribution in [0.3, 0.4) is 0 Å². The number of hydrogen-bond acceptors (Lipinski definition) is 3. The van der Waals surface area contributed by atoms with E-state index in [2.05, 4.69) is 51.5 Å². The molecule has 0 aliphatic carbocycles. The summed E-state index contributed by atoms with van der Waals surface area (Å²) in [5.74, 6) is -0.418. The topological polar surface area (TPSA) is 70.2 Å². The minimum atomic E-state index is -0.418. The molecule has 0 radical (unpaired) electrons. The van der Waals surface area contributed by atoms with Crippen LogP contribution in [0.4, 0.5) is 0 Å². The first-order chi connectivity index (χ1) is 13.1. The molecule has 0 spiro atoms. The van der Waals surface area contributed by atoms with Crippen LogP contribution >= 0.6 is 0 Å². The number of nitriles is 1. The number of carbonyl (C=O) groups is 1. The molecule has 0 aliphatic heterocycles. The molecule has 1 heterocycles. The molecular weight excluding hydrogens is 336 g/mol. The summed E-state index contributed by atoms with van der Waals surface area (Å²) >= 11 is 0. The number of nitrogens with one attached hydrogen (secondary N) is 1. The molecule has 0 saturated carbocycles. The fourth-order valence-electron chi connectivity index (χ4n) is 3.03. The first-order valence-electron chi connectivity index (χ1n) is 8.64. The van der Waals surface area contributed by atoms with E-state index in [1.165, 1.54) is 11.1 Å². The molecule has 5 heteroatoms. The number of hydrogen-bond donors (Lipinski definition) is 1. The third-order valence-electron chi connectivity index (χ3n) is 4.34. The van der Waals surface area contributed by atoms with Gasteiger partial charge in [0.05, 0.1) is 12.3 Å². The lowest BCUT2D eigenvalue weighted by Crippen LogP contribution is -2.16. The van der Waals surface area contributed by atoms with Crippen LogP contribution in [0.25, 0.3) is 16.8 Å². The molecule has 134 valence electrons. The zero-order chi connectivity index (χ0) is 19.2. The van der Waals surface area contributed by atoms with Gasteiger partial charge in [-0.05, 0) is 43.2 Å². The highest BCUT2D eigenvalue weighted by Gasteiger charge is 2.10. The Balaban J connectivity index is 1.83. The maximum absolute atomic E-state index is 11.3. The van der Waals surface area contributed by atoms with Crippen molar-refractivity contribution < 1.29 is 4.79 Å². The van der Waals surface area contributed by atoms with Crippen LogP contribution in [0, 0.1) is 25.2 Å². The summed E-state index contributed by atoms with van der Waals surface area (Å²) in [4.78, 5) is 11.3. The summed E-state index contributed by atoms with van der Waals surface area (Å²) in [6.07, 6.45) is 1.40. The van der Waals surface area contributed by atoms with E-state index in [1.54, 1.807) is 12.3 Å². The van der Waals surface area contributed by atoms with Gasteiger partial charge in [-0.3, -0.25) is 4.79 Å². The molecule has 0 fully saturated rings. The average molecular weight is 356 g/mol. The van der Waals surface area contributed by atoms with Crippen LogP contribution in [-0.4, -0.2) is 16.7 Å². The predicted molar refractivity (Wildman–Crippen MR) is 107 cm³/mol. The van der Waals surface area contributed by atoms with Crippen LogP contribution in [0.1, 0.15) is 23.4 Å². The SMILES string of the molecule is Cc1cc(/C=N\NC(=O)CC#N)c(C)n1-c1ccc(-c2ccccc2)cc1. The quantitative estimate of drug-likeness (QED) is 0.552. The highest BCUT2D eigenvalue weighted by atomic mass is 16.2. The van der Waals surface area contributed by atoms with Crippen molar-refractivity contribution in [2.45, 2.75) is 20.3 Å². The van der Waals surface area contributed by atoms with Gasteiger partial charge in [-0.1, -0.05) is 42.5 Å². The van der Waals surface area contributed by atoms with Crippen LogP contribution in [0.15, 0.2) is 65.8 Å². The predicted octanol–water partition coefficient (Wildman–Crippen LogP) is 4.12. The van der Waals surface area contributed by atoms with Crippen molar-refractivity contribution in [2.24, 2.45) is 5.10 Å². The van der Waals surface area contributed by atoms with Gasteiger partial charge in [0.2, 0.25) is 0 Å². The zero-order valence-electron chi connectivity index (χ0n) is 15.3. The Bertz CT molecular complexity index is 1010. The Kier molecular flexibility index (Phi) is 5.48. The molecular formula is C22H20N4O. The zero-order valence-corrected chi connectivity index (χ0v) is 15.3. The number of hydrazone groups is 1. The van der Waals surface area contributed by atoms with Gasteiger partial charge in [0.25, 0.3) is 5.91 Å². The highest BCUT2D eigenvalue weighted by molar-refractivity contribution is 5.84. The number of benzene rings is 2. The third kappa shape index (κ3) is 4.13. The van der Waals surface area contributed by atoms with Crippen molar-refractivity contribution in [1.29, 1.82) is 5.26 Å². The van der Waals surface area contributed by atoms with Crippen molar-refractivity contribution in [3.8, 4) is 22.9 Å². The van der Waals surface area contributed by atoms with Gasteiger partial charge in [0.1, 0.15) is 6.42 Å². The summed E-state index contributed by atoms with van der Waals surface area (Å²) in [5.41, 5.74) is 8.79. The molecule has 1 N–H and O–H groups in total. The van der Waals surface area contributed by atoms with Crippen molar-refractivity contribution in [1.82, 2.24) is 9.99 Å².